The largest absolute Gasteiger partial charge is 0.351 e. The topological polar surface area (TPSA) is 86.9 Å². The summed E-state index contributed by atoms with van der Waals surface area (Å²) in [5.41, 5.74) is 1.25. The number of halogens is 1. The van der Waals surface area contributed by atoms with Crippen molar-refractivity contribution in [3.63, 3.8) is 0 Å². The third-order valence-corrected chi connectivity index (χ3v) is 2.84. The van der Waals surface area contributed by atoms with Gasteiger partial charge in [-0.3, -0.25) is 9.82 Å². The summed E-state index contributed by atoms with van der Waals surface area (Å²) in [4.78, 5) is 0. The lowest BCUT2D eigenvalue weighted by molar-refractivity contribution is 0.606. The van der Waals surface area contributed by atoms with Crippen LogP contribution < -0.4 is 10.0 Å². The van der Waals surface area contributed by atoms with Gasteiger partial charge >= 0.3 is 0 Å². The third kappa shape index (κ3) is 3.38. The molecule has 96 valence electrons. The molecule has 0 aliphatic carbocycles. The molecule has 1 aromatic carbocycles. The summed E-state index contributed by atoms with van der Waals surface area (Å²) in [6, 6.07) is 7.06. The van der Waals surface area contributed by atoms with Gasteiger partial charge in [0.1, 0.15) is 5.69 Å². The number of nitrogens with one attached hydrogen (secondary N) is 3. The van der Waals surface area contributed by atoms with Gasteiger partial charge in [-0.05, 0) is 18.2 Å². The minimum absolute atomic E-state index is 0.275. The van der Waals surface area contributed by atoms with E-state index < -0.39 is 10.0 Å². The van der Waals surface area contributed by atoms with Crippen molar-refractivity contribution in [2.75, 3.05) is 16.3 Å². The normalized spacial score (nSPS) is 11.2. The first-order valence-electron chi connectivity index (χ1n) is 4.98. The van der Waals surface area contributed by atoms with Crippen LogP contribution >= 0.6 is 11.6 Å². The van der Waals surface area contributed by atoms with Crippen LogP contribution in [0.2, 0.25) is 5.02 Å². The predicted molar refractivity (Wildman–Crippen MR) is 71.8 cm³/mol. The van der Waals surface area contributed by atoms with E-state index in [1.54, 1.807) is 18.2 Å². The Morgan fingerprint density at radius 2 is 2.17 bits per heavy atom. The molecule has 0 aliphatic rings. The summed E-state index contributed by atoms with van der Waals surface area (Å²) in [6.45, 7) is 0. The first-order chi connectivity index (χ1) is 8.44. The number of sulfonamides is 1. The molecule has 18 heavy (non-hydrogen) atoms. The van der Waals surface area contributed by atoms with Crippen molar-refractivity contribution in [3.05, 3.63) is 35.5 Å². The highest BCUT2D eigenvalue weighted by molar-refractivity contribution is 7.92. The highest BCUT2D eigenvalue weighted by Crippen LogP contribution is 2.24. The van der Waals surface area contributed by atoms with Crippen molar-refractivity contribution in [1.29, 1.82) is 0 Å². The maximum atomic E-state index is 11.1. The van der Waals surface area contributed by atoms with Crippen LogP contribution in [-0.2, 0) is 10.0 Å². The summed E-state index contributed by atoms with van der Waals surface area (Å²) in [5, 5.41) is 9.93. The maximum absolute atomic E-state index is 11.1. The van der Waals surface area contributed by atoms with Crippen molar-refractivity contribution in [2.45, 2.75) is 0 Å². The lowest BCUT2D eigenvalue weighted by atomic mass is 10.3. The van der Waals surface area contributed by atoms with Crippen LogP contribution in [0, 0.1) is 0 Å². The van der Waals surface area contributed by atoms with Crippen LogP contribution in [0.25, 0.3) is 0 Å². The SMILES string of the molecule is CS(=O)(=O)Nc1[nH]ncc1Nc1cccc(Cl)c1. The van der Waals surface area contributed by atoms with E-state index in [9.17, 15) is 8.42 Å². The fourth-order valence-corrected chi connectivity index (χ4v) is 2.08. The first-order valence-corrected chi connectivity index (χ1v) is 7.25. The second-order valence-corrected chi connectivity index (χ2v) is 5.85. The molecule has 0 bridgehead atoms. The van der Waals surface area contributed by atoms with Crippen molar-refractivity contribution in [2.24, 2.45) is 0 Å². The average molecular weight is 287 g/mol. The fourth-order valence-electron chi connectivity index (χ4n) is 1.37. The van der Waals surface area contributed by atoms with Gasteiger partial charge in [-0.1, -0.05) is 17.7 Å². The monoisotopic (exact) mass is 286 g/mol. The van der Waals surface area contributed by atoms with E-state index in [1.165, 1.54) is 6.20 Å². The number of nitrogens with zero attached hydrogens (tertiary/aromatic N) is 1. The van der Waals surface area contributed by atoms with Gasteiger partial charge in [0.15, 0.2) is 5.82 Å². The lowest BCUT2D eigenvalue weighted by Gasteiger charge is -2.07. The van der Waals surface area contributed by atoms with E-state index in [4.69, 9.17) is 11.6 Å². The molecule has 1 heterocycles. The minimum atomic E-state index is -3.36. The summed E-state index contributed by atoms with van der Waals surface area (Å²) < 4.78 is 24.6. The highest BCUT2D eigenvalue weighted by Gasteiger charge is 2.09. The molecule has 0 amide bonds. The number of aromatic nitrogens is 2. The minimum Gasteiger partial charge on any atom is -0.351 e. The Morgan fingerprint density at radius 3 is 2.83 bits per heavy atom. The number of hydrogen-bond donors (Lipinski definition) is 3. The predicted octanol–water partition coefficient (Wildman–Crippen LogP) is 2.18. The Balaban J connectivity index is 2.23. The quantitative estimate of drug-likeness (QED) is 0.804. The fraction of sp³-hybridized carbons (Fsp3) is 0.100. The Labute approximate surface area is 109 Å². The number of benzene rings is 1. The third-order valence-electron chi connectivity index (χ3n) is 2.03. The number of H-pyrrole nitrogens is 1. The molecule has 0 saturated heterocycles. The lowest BCUT2D eigenvalue weighted by Crippen LogP contribution is -2.11. The Hall–Kier alpha value is -1.73. The molecular weight excluding hydrogens is 276 g/mol. The van der Waals surface area contributed by atoms with Crippen molar-refractivity contribution in [1.82, 2.24) is 10.2 Å². The van der Waals surface area contributed by atoms with E-state index in [-0.39, 0.29) is 5.82 Å². The molecular formula is C10H11ClN4O2S. The van der Waals surface area contributed by atoms with Crippen LogP contribution in [0.15, 0.2) is 30.5 Å². The van der Waals surface area contributed by atoms with Gasteiger partial charge in [-0.25, -0.2) is 8.42 Å². The van der Waals surface area contributed by atoms with E-state index in [1.807, 2.05) is 6.07 Å². The molecule has 1 aromatic heterocycles. The van der Waals surface area contributed by atoms with Gasteiger partial charge in [0.25, 0.3) is 0 Å². The number of aromatic amines is 1. The van der Waals surface area contributed by atoms with Gasteiger partial charge in [-0.15, -0.1) is 0 Å². The Morgan fingerprint density at radius 1 is 1.39 bits per heavy atom. The van der Waals surface area contributed by atoms with Gasteiger partial charge in [0.2, 0.25) is 10.0 Å². The second kappa shape index (κ2) is 4.87. The smallest absolute Gasteiger partial charge is 0.231 e. The van der Waals surface area contributed by atoms with Gasteiger partial charge in [0, 0.05) is 10.7 Å². The Bertz CT molecular complexity index is 653. The van der Waals surface area contributed by atoms with E-state index in [0.29, 0.717) is 10.7 Å². The maximum Gasteiger partial charge on any atom is 0.231 e. The molecule has 0 fully saturated rings. The standard InChI is InChI=1S/C10H11ClN4O2S/c1-18(16,17)15-10-9(6-12-14-10)13-8-4-2-3-7(11)5-8/h2-6,13H,1H3,(H2,12,14,15). The average Bonchev–Trinajstić information content (AvgIpc) is 2.63. The molecule has 0 unspecified atom stereocenters. The molecule has 6 nitrogen and oxygen atoms in total. The van der Waals surface area contributed by atoms with Crippen LogP contribution in [0.5, 0.6) is 0 Å². The zero-order valence-electron chi connectivity index (χ0n) is 9.44. The van der Waals surface area contributed by atoms with Gasteiger partial charge in [-0.2, -0.15) is 5.10 Å². The first kappa shape index (κ1) is 12.7. The zero-order valence-corrected chi connectivity index (χ0v) is 11.0. The number of anilines is 3. The van der Waals surface area contributed by atoms with E-state index in [2.05, 4.69) is 20.2 Å². The number of hydrogen-bond acceptors (Lipinski definition) is 4. The van der Waals surface area contributed by atoms with E-state index >= 15 is 0 Å². The highest BCUT2D eigenvalue weighted by atomic mass is 35.5. The Kier molecular flexibility index (Phi) is 3.44. The molecule has 0 aliphatic heterocycles. The summed E-state index contributed by atoms with van der Waals surface area (Å²) in [7, 11) is -3.36. The molecule has 8 heteroatoms. The van der Waals surface area contributed by atoms with Crippen molar-refractivity contribution in [3.8, 4) is 0 Å². The van der Waals surface area contributed by atoms with Crippen molar-refractivity contribution >= 4 is 38.8 Å². The second-order valence-electron chi connectivity index (χ2n) is 3.67. The molecule has 2 aromatic rings. The molecule has 0 saturated carbocycles. The van der Waals surface area contributed by atoms with Crippen molar-refractivity contribution < 1.29 is 8.42 Å². The van der Waals surface area contributed by atoms with E-state index in [0.717, 1.165) is 11.9 Å². The van der Waals surface area contributed by atoms with Gasteiger partial charge < -0.3 is 5.32 Å². The molecule has 0 radical (unpaired) electrons. The summed E-state index contributed by atoms with van der Waals surface area (Å²) in [5.74, 6) is 0.275. The van der Waals surface area contributed by atoms with Gasteiger partial charge in [0.05, 0.1) is 12.5 Å². The number of rotatable bonds is 4. The molecule has 2 rings (SSSR count). The summed E-state index contributed by atoms with van der Waals surface area (Å²) >= 11 is 5.86. The van der Waals surface area contributed by atoms with Crippen LogP contribution in [0.3, 0.4) is 0 Å². The zero-order chi connectivity index (χ0) is 13.2. The van der Waals surface area contributed by atoms with Crippen LogP contribution in [0.1, 0.15) is 0 Å². The summed E-state index contributed by atoms with van der Waals surface area (Å²) in [6.07, 6.45) is 2.55. The van der Waals surface area contributed by atoms with Crippen LogP contribution in [-0.4, -0.2) is 24.9 Å². The molecule has 0 spiro atoms. The molecule has 0 atom stereocenters. The molecule has 3 N–H and O–H groups in total. The van der Waals surface area contributed by atoms with Crippen LogP contribution in [0.4, 0.5) is 17.2 Å².